The van der Waals surface area contributed by atoms with E-state index in [-0.39, 0.29) is 0 Å². The highest BCUT2D eigenvalue weighted by Gasteiger charge is 2.00. The summed E-state index contributed by atoms with van der Waals surface area (Å²) in [6.45, 7) is 6.14. The molecule has 0 bridgehead atoms. The third-order valence-electron chi connectivity index (χ3n) is 3.15. The first kappa shape index (κ1) is 15.6. The van der Waals surface area contributed by atoms with Crippen molar-refractivity contribution in [3.05, 3.63) is 47.3 Å². The SMILES string of the molecule is Cc1ccc(OCCCCOCCc2cc(C)on2)cc1. The molecule has 0 unspecified atom stereocenters. The minimum Gasteiger partial charge on any atom is -0.494 e. The van der Waals surface area contributed by atoms with E-state index in [9.17, 15) is 0 Å². The number of hydrogen-bond acceptors (Lipinski definition) is 4. The van der Waals surface area contributed by atoms with Crippen LogP contribution in [-0.4, -0.2) is 25.0 Å². The number of benzene rings is 1. The second-order valence-electron chi connectivity index (χ2n) is 5.16. The van der Waals surface area contributed by atoms with Crippen LogP contribution < -0.4 is 4.74 Å². The molecule has 0 aliphatic carbocycles. The lowest BCUT2D eigenvalue weighted by Gasteiger charge is -2.06. The molecule has 2 rings (SSSR count). The van der Waals surface area contributed by atoms with Crippen LogP contribution in [0.1, 0.15) is 29.9 Å². The molecule has 1 aromatic carbocycles. The molecule has 1 heterocycles. The molecule has 0 spiro atoms. The van der Waals surface area contributed by atoms with Gasteiger partial charge >= 0.3 is 0 Å². The number of rotatable bonds is 9. The summed E-state index contributed by atoms with van der Waals surface area (Å²) in [6, 6.07) is 10.1. The van der Waals surface area contributed by atoms with E-state index < -0.39 is 0 Å². The highest BCUT2D eigenvalue weighted by atomic mass is 16.5. The minimum absolute atomic E-state index is 0.685. The summed E-state index contributed by atoms with van der Waals surface area (Å²) < 4.78 is 16.2. The standard InChI is InChI=1S/C17H23NO3/c1-14-5-7-17(8-6-14)20-11-4-3-10-19-12-9-16-13-15(2)21-18-16/h5-8,13H,3-4,9-12H2,1-2H3. The van der Waals surface area contributed by atoms with Gasteiger partial charge in [0.25, 0.3) is 0 Å². The van der Waals surface area contributed by atoms with E-state index in [4.69, 9.17) is 14.0 Å². The highest BCUT2D eigenvalue weighted by molar-refractivity contribution is 5.26. The maximum atomic E-state index is 5.66. The van der Waals surface area contributed by atoms with E-state index in [1.54, 1.807) is 0 Å². The van der Waals surface area contributed by atoms with Crippen molar-refractivity contribution in [1.29, 1.82) is 0 Å². The van der Waals surface area contributed by atoms with Gasteiger partial charge in [0.15, 0.2) is 0 Å². The van der Waals surface area contributed by atoms with E-state index in [0.717, 1.165) is 49.7 Å². The Labute approximate surface area is 126 Å². The molecule has 4 nitrogen and oxygen atoms in total. The summed E-state index contributed by atoms with van der Waals surface area (Å²) in [6.07, 6.45) is 2.80. The van der Waals surface area contributed by atoms with Gasteiger partial charge in [0.2, 0.25) is 0 Å². The molecule has 0 amide bonds. The van der Waals surface area contributed by atoms with Crippen LogP contribution in [0.15, 0.2) is 34.9 Å². The molecule has 0 N–H and O–H groups in total. The number of ether oxygens (including phenoxy) is 2. The Balaban J connectivity index is 1.46. The summed E-state index contributed by atoms with van der Waals surface area (Å²) in [7, 11) is 0. The van der Waals surface area contributed by atoms with Gasteiger partial charge in [-0.1, -0.05) is 22.9 Å². The van der Waals surface area contributed by atoms with Crippen LogP contribution in [0.25, 0.3) is 0 Å². The van der Waals surface area contributed by atoms with Crippen LogP contribution in [0, 0.1) is 13.8 Å². The zero-order valence-electron chi connectivity index (χ0n) is 12.8. The normalized spacial score (nSPS) is 10.8. The molecular formula is C17H23NO3. The van der Waals surface area contributed by atoms with Crippen LogP contribution in [-0.2, 0) is 11.2 Å². The van der Waals surface area contributed by atoms with Gasteiger partial charge in [0.1, 0.15) is 11.5 Å². The average molecular weight is 289 g/mol. The lowest BCUT2D eigenvalue weighted by atomic mass is 10.2. The zero-order chi connectivity index (χ0) is 14.9. The smallest absolute Gasteiger partial charge is 0.133 e. The van der Waals surface area contributed by atoms with Gasteiger partial charge in [-0.05, 0) is 38.8 Å². The van der Waals surface area contributed by atoms with E-state index in [0.29, 0.717) is 6.61 Å². The second kappa shape index (κ2) is 8.47. The van der Waals surface area contributed by atoms with Crippen molar-refractivity contribution in [1.82, 2.24) is 5.16 Å². The third kappa shape index (κ3) is 6.00. The lowest BCUT2D eigenvalue weighted by Crippen LogP contribution is -2.03. The molecule has 0 aliphatic rings. The molecule has 4 heteroatoms. The molecule has 0 radical (unpaired) electrons. The predicted octanol–water partition coefficient (Wildman–Crippen LogP) is 3.71. The first-order valence-corrected chi connectivity index (χ1v) is 7.43. The van der Waals surface area contributed by atoms with E-state index in [1.165, 1.54) is 5.56 Å². The van der Waals surface area contributed by atoms with Crippen LogP contribution in [0.3, 0.4) is 0 Å². The quantitative estimate of drug-likeness (QED) is 0.660. The molecule has 1 aromatic heterocycles. The Morgan fingerprint density at radius 2 is 1.76 bits per heavy atom. The lowest BCUT2D eigenvalue weighted by molar-refractivity contribution is 0.128. The molecule has 0 atom stereocenters. The van der Waals surface area contributed by atoms with Gasteiger partial charge in [-0.3, -0.25) is 0 Å². The summed E-state index contributed by atoms with van der Waals surface area (Å²) in [5.74, 6) is 1.78. The molecule has 0 fully saturated rings. The van der Waals surface area contributed by atoms with Crippen molar-refractivity contribution in [3.63, 3.8) is 0 Å². The summed E-state index contributed by atoms with van der Waals surface area (Å²) in [5, 5.41) is 3.93. The van der Waals surface area contributed by atoms with Crippen molar-refractivity contribution < 1.29 is 14.0 Å². The van der Waals surface area contributed by atoms with E-state index in [2.05, 4.69) is 24.2 Å². The maximum absolute atomic E-state index is 5.66. The Morgan fingerprint density at radius 3 is 2.48 bits per heavy atom. The molecule has 114 valence electrons. The van der Waals surface area contributed by atoms with Crippen molar-refractivity contribution in [2.75, 3.05) is 19.8 Å². The monoisotopic (exact) mass is 289 g/mol. The van der Waals surface area contributed by atoms with Crippen LogP contribution in [0.5, 0.6) is 5.75 Å². The molecule has 2 aromatic rings. The largest absolute Gasteiger partial charge is 0.494 e. The number of aromatic nitrogens is 1. The summed E-state index contributed by atoms with van der Waals surface area (Å²) >= 11 is 0. The van der Waals surface area contributed by atoms with Gasteiger partial charge in [-0.25, -0.2) is 0 Å². The zero-order valence-corrected chi connectivity index (χ0v) is 12.8. The summed E-state index contributed by atoms with van der Waals surface area (Å²) in [5.41, 5.74) is 2.20. The second-order valence-corrected chi connectivity index (χ2v) is 5.16. The number of nitrogens with zero attached hydrogens (tertiary/aromatic N) is 1. The molecule has 0 aliphatic heterocycles. The van der Waals surface area contributed by atoms with Crippen LogP contribution >= 0.6 is 0 Å². The fourth-order valence-corrected chi connectivity index (χ4v) is 1.95. The van der Waals surface area contributed by atoms with Gasteiger partial charge < -0.3 is 14.0 Å². The van der Waals surface area contributed by atoms with Gasteiger partial charge in [0.05, 0.1) is 18.9 Å². The minimum atomic E-state index is 0.685. The van der Waals surface area contributed by atoms with Crippen LogP contribution in [0.4, 0.5) is 0 Å². The van der Waals surface area contributed by atoms with Crippen molar-refractivity contribution in [2.45, 2.75) is 33.1 Å². The van der Waals surface area contributed by atoms with Gasteiger partial charge in [0, 0.05) is 19.1 Å². The Hall–Kier alpha value is -1.81. The molecule has 0 saturated heterocycles. The molecule has 0 saturated carbocycles. The number of aryl methyl sites for hydroxylation is 2. The van der Waals surface area contributed by atoms with Crippen molar-refractivity contribution in [3.8, 4) is 5.75 Å². The first-order valence-electron chi connectivity index (χ1n) is 7.43. The highest BCUT2D eigenvalue weighted by Crippen LogP contribution is 2.11. The fraction of sp³-hybridized carbons (Fsp3) is 0.471. The van der Waals surface area contributed by atoms with Gasteiger partial charge in [-0.2, -0.15) is 0 Å². The fourth-order valence-electron chi connectivity index (χ4n) is 1.95. The predicted molar refractivity (Wildman–Crippen MR) is 81.7 cm³/mol. The first-order chi connectivity index (χ1) is 10.2. The number of hydrogen-bond donors (Lipinski definition) is 0. The topological polar surface area (TPSA) is 44.5 Å². The molecular weight excluding hydrogens is 266 g/mol. The van der Waals surface area contributed by atoms with Crippen molar-refractivity contribution >= 4 is 0 Å². The van der Waals surface area contributed by atoms with E-state index in [1.807, 2.05) is 25.1 Å². The third-order valence-corrected chi connectivity index (χ3v) is 3.15. The number of unbranched alkanes of at least 4 members (excludes halogenated alkanes) is 1. The molecule has 21 heavy (non-hydrogen) atoms. The van der Waals surface area contributed by atoms with Gasteiger partial charge in [-0.15, -0.1) is 0 Å². The maximum Gasteiger partial charge on any atom is 0.133 e. The van der Waals surface area contributed by atoms with Crippen LogP contribution in [0.2, 0.25) is 0 Å². The van der Waals surface area contributed by atoms with Crippen molar-refractivity contribution in [2.24, 2.45) is 0 Å². The Kier molecular flexibility index (Phi) is 6.28. The summed E-state index contributed by atoms with van der Waals surface area (Å²) in [4.78, 5) is 0. The Morgan fingerprint density at radius 1 is 1.00 bits per heavy atom. The average Bonchev–Trinajstić information content (AvgIpc) is 2.89. The Bertz CT molecular complexity index is 519. The van der Waals surface area contributed by atoms with E-state index >= 15 is 0 Å².